The van der Waals surface area contributed by atoms with Crippen LogP contribution in [0.25, 0.3) is 0 Å². The van der Waals surface area contributed by atoms with Crippen molar-refractivity contribution in [3.8, 4) is 0 Å². The van der Waals surface area contributed by atoms with Gasteiger partial charge in [0.05, 0.1) is 10.1 Å². The predicted molar refractivity (Wildman–Crippen MR) is 67.3 cm³/mol. The molecule has 0 spiro atoms. The van der Waals surface area contributed by atoms with E-state index in [0.29, 0.717) is 15.8 Å². The van der Waals surface area contributed by atoms with Gasteiger partial charge in [-0.05, 0) is 53.9 Å². The molecule has 0 unspecified atom stereocenters. The maximum atomic E-state index is 11.9. The summed E-state index contributed by atoms with van der Waals surface area (Å²) in [4.78, 5) is 0.309. The minimum absolute atomic E-state index is 0.0583. The SMILES string of the molecule is CC(C)S(=O)(=O)c1ccc(CCO)cc1Br. The van der Waals surface area contributed by atoms with Crippen molar-refractivity contribution in [3.63, 3.8) is 0 Å². The molecular weight excluding hydrogens is 292 g/mol. The van der Waals surface area contributed by atoms with Crippen molar-refractivity contribution >= 4 is 25.8 Å². The molecule has 16 heavy (non-hydrogen) atoms. The lowest BCUT2D eigenvalue weighted by Crippen LogP contribution is -2.14. The van der Waals surface area contributed by atoms with E-state index in [9.17, 15) is 8.42 Å². The Bertz CT molecular complexity index is 466. The van der Waals surface area contributed by atoms with E-state index in [2.05, 4.69) is 15.9 Å². The Morgan fingerprint density at radius 1 is 1.38 bits per heavy atom. The van der Waals surface area contributed by atoms with Crippen LogP contribution in [-0.2, 0) is 16.3 Å². The molecule has 0 saturated heterocycles. The highest BCUT2D eigenvalue weighted by molar-refractivity contribution is 9.10. The zero-order valence-electron chi connectivity index (χ0n) is 9.27. The summed E-state index contributed by atoms with van der Waals surface area (Å²) in [7, 11) is -3.25. The minimum atomic E-state index is -3.25. The van der Waals surface area contributed by atoms with Crippen LogP contribution in [0.4, 0.5) is 0 Å². The fourth-order valence-corrected chi connectivity index (χ4v) is 3.51. The summed E-state index contributed by atoms with van der Waals surface area (Å²) in [6, 6.07) is 5.06. The van der Waals surface area contributed by atoms with Crippen LogP contribution < -0.4 is 0 Å². The summed E-state index contributed by atoms with van der Waals surface area (Å²) in [6.07, 6.45) is 0.528. The van der Waals surface area contributed by atoms with E-state index in [0.717, 1.165) is 5.56 Å². The zero-order chi connectivity index (χ0) is 12.3. The first kappa shape index (κ1) is 13.7. The number of sulfone groups is 1. The molecule has 0 bridgehead atoms. The summed E-state index contributed by atoms with van der Waals surface area (Å²) < 4.78 is 24.4. The molecule has 0 aromatic heterocycles. The Balaban J connectivity index is 3.19. The number of aliphatic hydroxyl groups excluding tert-OH is 1. The molecule has 0 fully saturated rings. The van der Waals surface area contributed by atoms with E-state index in [1.807, 2.05) is 0 Å². The van der Waals surface area contributed by atoms with E-state index >= 15 is 0 Å². The molecule has 90 valence electrons. The minimum Gasteiger partial charge on any atom is -0.396 e. The van der Waals surface area contributed by atoms with E-state index < -0.39 is 15.1 Å². The van der Waals surface area contributed by atoms with Crippen LogP contribution >= 0.6 is 15.9 Å². The average molecular weight is 307 g/mol. The molecule has 0 amide bonds. The molecule has 1 aromatic carbocycles. The largest absolute Gasteiger partial charge is 0.396 e. The van der Waals surface area contributed by atoms with Gasteiger partial charge in [-0.2, -0.15) is 0 Å². The van der Waals surface area contributed by atoms with E-state index in [1.54, 1.807) is 32.0 Å². The van der Waals surface area contributed by atoms with Gasteiger partial charge in [0.25, 0.3) is 0 Å². The Hall–Kier alpha value is -0.390. The van der Waals surface area contributed by atoms with Crippen molar-refractivity contribution in [2.45, 2.75) is 30.4 Å². The molecule has 0 heterocycles. The Morgan fingerprint density at radius 3 is 2.44 bits per heavy atom. The van der Waals surface area contributed by atoms with Crippen molar-refractivity contribution in [1.82, 2.24) is 0 Å². The molecule has 0 saturated carbocycles. The van der Waals surface area contributed by atoms with E-state index in [-0.39, 0.29) is 6.61 Å². The molecule has 0 aliphatic heterocycles. The number of halogens is 1. The monoisotopic (exact) mass is 306 g/mol. The maximum Gasteiger partial charge on any atom is 0.181 e. The second-order valence-electron chi connectivity index (χ2n) is 3.83. The van der Waals surface area contributed by atoms with Crippen molar-refractivity contribution in [3.05, 3.63) is 28.2 Å². The Kier molecular flexibility index (Phi) is 4.52. The molecule has 3 nitrogen and oxygen atoms in total. The van der Waals surface area contributed by atoms with Crippen LogP contribution in [0.5, 0.6) is 0 Å². The van der Waals surface area contributed by atoms with Crippen molar-refractivity contribution in [2.75, 3.05) is 6.61 Å². The molecule has 1 aromatic rings. The molecule has 0 radical (unpaired) electrons. The van der Waals surface area contributed by atoms with E-state index in [4.69, 9.17) is 5.11 Å². The van der Waals surface area contributed by atoms with Gasteiger partial charge in [-0.25, -0.2) is 8.42 Å². The van der Waals surface area contributed by atoms with Crippen LogP contribution in [0.2, 0.25) is 0 Å². The molecule has 5 heteroatoms. The van der Waals surface area contributed by atoms with Gasteiger partial charge < -0.3 is 5.11 Å². The standard InChI is InChI=1S/C11H15BrO3S/c1-8(2)16(14,15)11-4-3-9(5-6-13)7-10(11)12/h3-4,7-8,13H,5-6H2,1-2H3. The van der Waals surface area contributed by atoms with Crippen LogP contribution in [0.3, 0.4) is 0 Å². The second kappa shape index (κ2) is 5.29. The van der Waals surface area contributed by atoms with Crippen molar-refractivity contribution in [2.24, 2.45) is 0 Å². The van der Waals surface area contributed by atoms with Gasteiger partial charge in [-0.1, -0.05) is 6.07 Å². The number of hydrogen-bond acceptors (Lipinski definition) is 3. The van der Waals surface area contributed by atoms with Gasteiger partial charge in [0.1, 0.15) is 0 Å². The molecule has 1 N–H and O–H groups in total. The lowest BCUT2D eigenvalue weighted by atomic mass is 10.2. The molecule has 1 rings (SSSR count). The summed E-state index contributed by atoms with van der Waals surface area (Å²) in [5.74, 6) is 0. The van der Waals surface area contributed by atoms with Crippen LogP contribution in [0.1, 0.15) is 19.4 Å². The fourth-order valence-electron chi connectivity index (χ4n) is 1.31. The lowest BCUT2D eigenvalue weighted by molar-refractivity contribution is 0.299. The zero-order valence-corrected chi connectivity index (χ0v) is 11.7. The van der Waals surface area contributed by atoms with Gasteiger partial charge in [-0.3, -0.25) is 0 Å². The quantitative estimate of drug-likeness (QED) is 0.927. The highest BCUT2D eigenvalue weighted by Gasteiger charge is 2.21. The molecule has 0 atom stereocenters. The maximum absolute atomic E-state index is 11.9. The van der Waals surface area contributed by atoms with Gasteiger partial charge in [-0.15, -0.1) is 0 Å². The Labute approximate surface area is 105 Å². The highest BCUT2D eigenvalue weighted by atomic mass is 79.9. The predicted octanol–water partition coefficient (Wildman–Crippen LogP) is 2.17. The first-order chi connectivity index (χ1) is 7.39. The first-order valence-electron chi connectivity index (χ1n) is 5.02. The van der Waals surface area contributed by atoms with Gasteiger partial charge >= 0.3 is 0 Å². The third-order valence-electron chi connectivity index (χ3n) is 2.32. The highest BCUT2D eigenvalue weighted by Crippen LogP contribution is 2.26. The summed E-state index contributed by atoms with van der Waals surface area (Å²) in [5, 5.41) is 8.36. The van der Waals surface area contributed by atoms with Crippen LogP contribution in [-0.4, -0.2) is 25.4 Å². The first-order valence-corrected chi connectivity index (χ1v) is 7.36. The van der Waals surface area contributed by atoms with Gasteiger partial charge in [0.2, 0.25) is 0 Å². The second-order valence-corrected chi connectivity index (χ2v) is 7.16. The van der Waals surface area contributed by atoms with Crippen molar-refractivity contribution < 1.29 is 13.5 Å². The van der Waals surface area contributed by atoms with Crippen LogP contribution in [0, 0.1) is 0 Å². The molecule has 0 aliphatic carbocycles. The number of hydrogen-bond donors (Lipinski definition) is 1. The number of rotatable bonds is 4. The lowest BCUT2D eigenvalue weighted by Gasteiger charge is -2.10. The summed E-state index contributed by atoms with van der Waals surface area (Å²) in [6.45, 7) is 3.37. The van der Waals surface area contributed by atoms with Crippen molar-refractivity contribution in [1.29, 1.82) is 0 Å². The van der Waals surface area contributed by atoms with Gasteiger partial charge in [0.15, 0.2) is 9.84 Å². The fraction of sp³-hybridized carbons (Fsp3) is 0.455. The Morgan fingerprint density at radius 2 is 2.00 bits per heavy atom. The van der Waals surface area contributed by atoms with E-state index in [1.165, 1.54) is 0 Å². The summed E-state index contributed by atoms with van der Waals surface area (Å²) in [5.41, 5.74) is 0.914. The average Bonchev–Trinajstić information content (AvgIpc) is 2.17. The van der Waals surface area contributed by atoms with Crippen LogP contribution in [0.15, 0.2) is 27.6 Å². The topological polar surface area (TPSA) is 54.4 Å². The number of aliphatic hydroxyl groups is 1. The summed E-state index contributed by atoms with van der Waals surface area (Å²) >= 11 is 3.26. The third kappa shape index (κ3) is 2.84. The van der Waals surface area contributed by atoms with Gasteiger partial charge in [0, 0.05) is 11.1 Å². The normalized spacial score (nSPS) is 12.1. The molecule has 0 aliphatic rings. The smallest absolute Gasteiger partial charge is 0.181 e. The molecular formula is C11H15BrO3S. The third-order valence-corrected chi connectivity index (χ3v) is 5.45. The number of benzene rings is 1.